The van der Waals surface area contributed by atoms with Gasteiger partial charge in [-0.3, -0.25) is 0 Å². The van der Waals surface area contributed by atoms with Gasteiger partial charge in [0, 0.05) is 4.11 Å². The van der Waals surface area contributed by atoms with Crippen LogP contribution in [0.4, 0.5) is 0 Å². The summed E-state index contributed by atoms with van der Waals surface area (Å²) in [5.74, 6) is 0.391. The fourth-order valence-electron chi connectivity index (χ4n) is 3.60. The Morgan fingerprint density at radius 1 is 1.20 bits per heavy atom. The molecule has 2 aliphatic rings. The van der Waals surface area contributed by atoms with Crippen molar-refractivity contribution >= 4 is 0 Å². The highest BCUT2D eigenvalue weighted by atomic mass is 14.4. The Morgan fingerprint density at radius 3 is 2.70 bits per heavy atom. The van der Waals surface area contributed by atoms with Gasteiger partial charge in [0.2, 0.25) is 0 Å². The van der Waals surface area contributed by atoms with Crippen LogP contribution in [0.1, 0.15) is 59.6 Å². The van der Waals surface area contributed by atoms with Crippen molar-refractivity contribution in [1.29, 1.82) is 5.26 Å². The summed E-state index contributed by atoms with van der Waals surface area (Å²) >= 11 is 0. The van der Waals surface area contributed by atoms with E-state index in [9.17, 15) is 0 Å². The molecule has 1 nitrogen and oxygen atoms in total. The molecule has 2 aliphatic carbocycles. The molecule has 0 bridgehead atoms. The van der Waals surface area contributed by atoms with Crippen LogP contribution in [0.25, 0.3) is 0 Å². The summed E-state index contributed by atoms with van der Waals surface area (Å²) in [6.45, 7) is 3.89. The maximum atomic E-state index is 8.93. The van der Waals surface area contributed by atoms with Crippen LogP contribution < -0.4 is 0 Å². The second kappa shape index (κ2) is 5.83. The molecule has 0 N–H and O–H groups in total. The largest absolute Gasteiger partial charge is 0.192 e. The van der Waals surface area contributed by atoms with Crippen LogP contribution in [0.5, 0.6) is 0 Å². The third kappa shape index (κ3) is 2.66. The Balaban J connectivity index is 1.90. The van der Waals surface area contributed by atoms with Gasteiger partial charge in [-0.15, -0.1) is 6.58 Å². The molecule has 2 fully saturated rings. The van der Waals surface area contributed by atoms with E-state index in [0.717, 1.165) is 31.2 Å². The van der Waals surface area contributed by atoms with E-state index < -0.39 is 18.7 Å². The van der Waals surface area contributed by atoms with E-state index in [1.807, 2.05) is 18.2 Å². The highest BCUT2D eigenvalue weighted by Gasteiger charge is 2.35. The Morgan fingerprint density at radius 2 is 2.00 bits per heavy atom. The third-order valence-corrected chi connectivity index (χ3v) is 4.82. The highest BCUT2D eigenvalue weighted by molar-refractivity contribution is 5.33. The lowest BCUT2D eigenvalue weighted by Crippen LogP contribution is -2.29. The van der Waals surface area contributed by atoms with Crippen LogP contribution in [0.3, 0.4) is 0 Å². The van der Waals surface area contributed by atoms with Gasteiger partial charge in [-0.05, 0) is 79.8 Å². The van der Waals surface area contributed by atoms with Crippen molar-refractivity contribution in [3.05, 3.63) is 48.0 Å². The molecular formula is C19H23N. The number of rotatable bonds is 2. The first-order valence-electron chi connectivity index (χ1n) is 9.10. The molecule has 2 saturated carbocycles. The van der Waals surface area contributed by atoms with Gasteiger partial charge in [0.05, 0.1) is 11.6 Å². The van der Waals surface area contributed by atoms with E-state index in [4.69, 9.17) is 9.37 Å². The Kier molecular flexibility index (Phi) is 2.98. The van der Waals surface area contributed by atoms with Gasteiger partial charge < -0.3 is 0 Å². The molecule has 5 atom stereocenters. The lowest BCUT2D eigenvalue weighted by Gasteiger charge is -2.41. The molecule has 1 heteroatoms. The van der Waals surface area contributed by atoms with E-state index in [-0.39, 0.29) is 5.92 Å². The number of allylic oxidation sites excluding steroid dienone is 1. The second-order valence-corrected chi connectivity index (χ2v) is 6.02. The Labute approximate surface area is 126 Å². The molecule has 104 valence electrons. The van der Waals surface area contributed by atoms with E-state index >= 15 is 0 Å². The zero-order valence-corrected chi connectivity index (χ0v) is 11.8. The lowest BCUT2D eigenvalue weighted by molar-refractivity contribution is 0.133. The van der Waals surface area contributed by atoms with Crippen LogP contribution in [-0.4, -0.2) is 0 Å². The number of nitrogens with zero attached hydrogens (tertiary/aromatic N) is 1. The van der Waals surface area contributed by atoms with Gasteiger partial charge >= 0.3 is 0 Å². The van der Waals surface area contributed by atoms with Crippen molar-refractivity contribution < 1.29 is 4.11 Å². The molecule has 0 heterocycles. The summed E-state index contributed by atoms with van der Waals surface area (Å²) in [6, 6.07) is 9.23. The minimum absolute atomic E-state index is 0.0287. The maximum Gasteiger partial charge on any atom is 0.0991 e. The molecule has 0 saturated heterocycles. The zero-order chi connectivity index (χ0) is 16.6. The standard InChI is InChI=1S/C19H23N/c1-2-14-3-8-19-12-18(10-9-17(19)11-14)16-6-4-15(13-20)5-7-16/h2,4-7,14,17-19H,1,3,8-12H2/i10D,12D2. The Hall–Kier alpha value is -1.55. The summed E-state index contributed by atoms with van der Waals surface area (Å²) in [5, 5.41) is 8.93. The van der Waals surface area contributed by atoms with E-state index in [1.54, 1.807) is 12.1 Å². The predicted octanol–water partition coefficient (Wildman–Crippen LogP) is 5.04. The average Bonchev–Trinajstić information content (AvgIpc) is 2.54. The quantitative estimate of drug-likeness (QED) is 0.689. The predicted molar refractivity (Wildman–Crippen MR) is 82.3 cm³/mol. The van der Waals surface area contributed by atoms with E-state index in [0.29, 0.717) is 17.4 Å². The van der Waals surface area contributed by atoms with E-state index in [2.05, 4.69) is 12.6 Å². The second-order valence-electron chi connectivity index (χ2n) is 6.02. The maximum absolute atomic E-state index is 8.93. The van der Waals surface area contributed by atoms with Gasteiger partial charge in [0.25, 0.3) is 0 Å². The summed E-state index contributed by atoms with van der Waals surface area (Å²) < 4.78 is 26.0. The molecule has 0 amide bonds. The fraction of sp³-hybridized carbons (Fsp3) is 0.526. The Bertz CT molecular complexity index is 616. The molecule has 1 aromatic rings. The fourth-order valence-corrected chi connectivity index (χ4v) is 3.60. The van der Waals surface area contributed by atoms with Crippen LogP contribution in [0.2, 0.25) is 0 Å². The van der Waals surface area contributed by atoms with E-state index in [1.165, 1.54) is 0 Å². The van der Waals surface area contributed by atoms with Crippen molar-refractivity contribution in [2.24, 2.45) is 17.8 Å². The first kappa shape index (κ1) is 10.2. The molecule has 20 heavy (non-hydrogen) atoms. The topological polar surface area (TPSA) is 23.8 Å². The number of hydrogen-bond donors (Lipinski definition) is 0. The first-order valence-corrected chi connectivity index (χ1v) is 7.52. The molecule has 5 unspecified atom stereocenters. The highest BCUT2D eigenvalue weighted by Crippen LogP contribution is 2.47. The van der Waals surface area contributed by atoms with Gasteiger partial charge in [-0.25, -0.2) is 0 Å². The van der Waals surface area contributed by atoms with Crippen molar-refractivity contribution in [3.8, 4) is 6.07 Å². The molecule has 0 spiro atoms. The zero-order valence-electron chi connectivity index (χ0n) is 14.8. The monoisotopic (exact) mass is 268 g/mol. The SMILES string of the molecule is [2H]C1CC2CC(C=C)CCC2C([2H])([2H])C1c1ccc(C#N)cc1. The van der Waals surface area contributed by atoms with Crippen molar-refractivity contribution in [2.75, 3.05) is 0 Å². The van der Waals surface area contributed by atoms with Gasteiger partial charge in [-0.2, -0.15) is 5.26 Å². The normalized spacial score (nSPS) is 41.4. The number of fused-ring (bicyclic) bond motifs is 1. The van der Waals surface area contributed by atoms with Crippen LogP contribution in [0.15, 0.2) is 36.9 Å². The molecule has 1 aromatic carbocycles. The van der Waals surface area contributed by atoms with Crippen LogP contribution in [-0.2, 0) is 0 Å². The number of hydrogen-bond acceptors (Lipinski definition) is 1. The summed E-state index contributed by atoms with van der Waals surface area (Å²) in [4.78, 5) is 0. The van der Waals surface area contributed by atoms with Gasteiger partial charge in [0.15, 0.2) is 0 Å². The average molecular weight is 268 g/mol. The minimum Gasteiger partial charge on any atom is -0.192 e. The van der Waals surface area contributed by atoms with Gasteiger partial charge in [0.1, 0.15) is 0 Å². The van der Waals surface area contributed by atoms with Crippen molar-refractivity contribution in [3.63, 3.8) is 0 Å². The minimum atomic E-state index is -1.37. The van der Waals surface area contributed by atoms with Crippen LogP contribution >= 0.6 is 0 Å². The molecule has 3 rings (SSSR count). The molecule has 0 radical (unpaired) electrons. The van der Waals surface area contributed by atoms with Crippen molar-refractivity contribution in [1.82, 2.24) is 0 Å². The molecular weight excluding hydrogens is 242 g/mol. The summed E-state index contributed by atoms with van der Waals surface area (Å²) in [6.07, 6.45) is 3.83. The molecule has 0 aromatic heterocycles. The lowest BCUT2D eigenvalue weighted by atomic mass is 9.64. The first-order chi connectivity index (χ1) is 11.0. The third-order valence-electron chi connectivity index (χ3n) is 4.82. The van der Waals surface area contributed by atoms with Crippen LogP contribution in [0, 0.1) is 29.1 Å². The number of nitriles is 1. The molecule has 0 aliphatic heterocycles. The number of benzene rings is 1. The summed E-state index contributed by atoms with van der Waals surface area (Å²) in [5.41, 5.74) is 1.44. The van der Waals surface area contributed by atoms with Crippen molar-refractivity contribution in [2.45, 2.75) is 44.4 Å². The summed E-state index contributed by atoms with van der Waals surface area (Å²) in [7, 11) is 0. The smallest absolute Gasteiger partial charge is 0.0991 e. The van der Waals surface area contributed by atoms with Gasteiger partial charge in [-0.1, -0.05) is 18.2 Å².